The molecule has 0 aromatic heterocycles. The molecule has 0 aromatic rings. The van der Waals surface area contributed by atoms with Gasteiger partial charge < -0.3 is 10.8 Å². The van der Waals surface area contributed by atoms with Crippen LogP contribution in [0.25, 0.3) is 0 Å². The van der Waals surface area contributed by atoms with Crippen molar-refractivity contribution in [1.29, 1.82) is 0 Å². The number of carbonyl (C=O) groups is 2. The Labute approximate surface area is 64.4 Å². The Kier molecular flexibility index (Phi) is 2.12. The van der Waals surface area contributed by atoms with E-state index in [-0.39, 0.29) is 24.2 Å². The number of amides is 1. The van der Waals surface area contributed by atoms with Crippen LogP contribution in [0.5, 0.6) is 0 Å². The summed E-state index contributed by atoms with van der Waals surface area (Å²) in [6, 6.07) is 0. The Bertz CT molecular complexity index is 190. The third-order valence-electron chi connectivity index (χ3n) is 2.22. The fourth-order valence-corrected chi connectivity index (χ4v) is 1.41. The van der Waals surface area contributed by atoms with Gasteiger partial charge in [0.25, 0.3) is 0 Å². The molecule has 4 nitrogen and oxygen atoms in total. The molecule has 1 unspecified atom stereocenters. The zero-order chi connectivity index (χ0) is 8.43. The first-order valence-electron chi connectivity index (χ1n) is 3.62. The molecule has 0 saturated heterocycles. The van der Waals surface area contributed by atoms with Gasteiger partial charge in [0.2, 0.25) is 5.91 Å². The van der Waals surface area contributed by atoms with Gasteiger partial charge in [0.05, 0.1) is 0 Å². The second-order valence-electron chi connectivity index (χ2n) is 2.94. The molecule has 3 N–H and O–H groups in total. The van der Waals surface area contributed by atoms with Crippen LogP contribution >= 0.6 is 0 Å². The summed E-state index contributed by atoms with van der Waals surface area (Å²) in [6.45, 7) is 0. The van der Waals surface area contributed by atoms with Crippen LogP contribution in [0.3, 0.4) is 0 Å². The van der Waals surface area contributed by atoms with Crippen molar-refractivity contribution < 1.29 is 14.7 Å². The third-order valence-corrected chi connectivity index (χ3v) is 2.22. The quantitative estimate of drug-likeness (QED) is 0.603. The molecule has 1 fully saturated rings. The average molecular weight is 157 g/mol. The normalized spacial score (nSPS) is 29.1. The molecule has 1 aliphatic carbocycles. The first kappa shape index (κ1) is 8.04. The molecule has 0 bridgehead atoms. The largest absolute Gasteiger partial charge is 0.481 e. The molecule has 4 heteroatoms. The molecule has 1 aliphatic rings. The van der Waals surface area contributed by atoms with Gasteiger partial charge in [0.15, 0.2) is 0 Å². The summed E-state index contributed by atoms with van der Waals surface area (Å²) in [5.74, 6) is -1.40. The maximum absolute atomic E-state index is 10.6. The third kappa shape index (κ3) is 1.69. The lowest BCUT2D eigenvalue weighted by Gasteiger charge is -2.32. The van der Waals surface area contributed by atoms with Crippen molar-refractivity contribution >= 4 is 11.9 Å². The van der Waals surface area contributed by atoms with Crippen molar-refractivity contribution in [3.8, 4) is 0 Å². The number of nitrogens with two attached hydrogens (primary N) is 1. The van der Waals surface area contributed by atoms with E-state index in [2.05, 4.69) is 0 Å². The van der Waals surface area contributed by atoms with Crippen LogP contribution in [-0.2, 0) is 9.59 Å². The minimum Gasteiger partial charge on any atom is -0.481 e. The van der Waals surface area contributed by atoms with Crippen LogP contribution < -0.4 is 5.73 Å². The number of carboxylic acid groups (broad SMARTS) is 1. The minimum atomic E-state index is -0.846. The molecule has 0 radical (unpaired) electrons. The lowest BCUT2D eigenvalue weighted by molar-refractivity contribution is -0.140. The summed E-state index contributed by atoms with van der Waals surface area (Å²) < 4.78 is 0. The van der Waals surface area contributed by atoms with Crippen LogP contribution in [0.2, 0.25) is 0 Å². The highest BCUT2D eigenvalue weighted by Gasteiger charge is 2.36. The summed E-state index contributed by atoms with van der Waals surface area (Å²) in [7, 11) is 0. The van der Waals surface area contributed by atoms with Crippen molar-refractivity contribution in [2.24, 2.45) is 17.6 Å². The second-order valence-corrected chi connectivity index (χ2v) is 2.94. The van der Waals surface area contributed by atoms with Crippen LogP contribution in [0, 0.1) is 11.8 Å². The van der Waals surface area contributed by atoms with Gasteiger partial charge in [-0.25, -0.2) is 0 Å². The summed E-state index contributed by atoms with van der Waals surface area (Å²) >= 11 is 0. The van der Waals surface area contributed by atoms with E-state index >= 15 is 0 Å². The van der Waals surface area contributed by atoms with E-state index in [1.54, 1.807) is 0 Å². The van der Waals surface area contributed by atoms with Crippen LogP contribution in [0.1, 0.15) is 19.3 Å². The van der Waals surface area contributed by atoms with E-state index in [9.17, 15) is 9.59 Å². The van der Waals surface area contributed by atoms with Crippen molar-refractivity contribution in [1.82, 2.24) is 0 Å². The zero-order valence-electron chi connectivity index (χ0n) is 6.12. The average Bonchev–Trinajstić information content (AvgIpc) is 1.78. The number of carboxylic acids is 1. The number of rotatable bonds is 3. The molecule has 0 aliphatic heterocycles. The van der Waals surface area contributed by atoms with E-state index in [0.717, 1.165) is 12.8 Å². The van der Waals surface area contributed by atoms with Gasteiger partial charge in [0, 0.05) is 12.3 Å². The molecule has 0 aromatic carbocycles. The summed E-state index contributed by atoms with van der Waals surface area (Å²) in [5, 5.41) is 8.40. The van der Waals surface area contributed by atoms with Gasteiger partial charge in [-0.3, -0.25) is 9.59 Å². The fraction of sp³-hybridized carbons (Fsp3) is 0.714. The van der Waals surface area contributed by atoms with E-state index in [4.69, 9.17) is 10.8 Å². The highest BCUT2D eigenvalue weighted by molar-refractivity contribution is 5.79. The Morgan fingerprint density at radius 1 is 1.45 bits per heavy atom. The first-order chi connectivity index (χ1) is 5.11. The number of primary amides is 1. The summed E-state index contributed by atoms with van der Waals surface area (Å²) in [6.07, 6.45) is 1.65. The lowest BCUT2D eigenvalue weighted by Crippen LogP contribution is -2.38. The number of hydrogen-bond donors (Lipinski definition) is 2. The molecule has 2 atom stereocenters. The smallest absolute Gasteiger partial charge is 0.303 e. The van der Waals surface area contributed by atoms with E-state index < -0.39 is 5.97 Å². The number of carbonyl (C=O) groups excluding carboxylic acids is 1. The first-order valence-corrected chi connectivity index (χ1v) is 3.62. The van der Waals surface area contributed by atoms with Gasteiger partial charge in [-0.05, 0) is 18.8 Å². The van der Waals surface area contributed by atoms with Gasteiger partial charge in [-0.15, -0.1) is 0 Å². The monoisotopic (exact) mass is 157 g/mol. The van der Waals surface area contributed by atoms with Crippen LogP contribution in [-0.4, -0.2) is 17.0 Å². The standard InChI is InChI=1S/C7H11NO3/c8-7(11)5-2-1-4(5)3-6(9)10/h4-5H,1-3H2,(H2,8,11)(H,9,10)/t4-,5?/m1/s1. The fourth-order valence-electron chi connectivity index (χ4n) is 1.41. The Hall–Kier alpha value is -1.06. The number of aliphatic carboxylic acids is 1. The maximum Gasteiger partial charge on any atom is 0.303 e. The SMILES string of the molecule is NC(=O)C1CC[C@@H]1CC(=O)O. The molecule has 1 saturated carbocycles. The molecule has 0 heterocycles. The zero-order valence-corrected chi connectivity index (χ0v) is 6.12. The molecule has 0 spiro atoms. The van der Waals surface area contributed by atoms with Crippen molar-refractivity contribution in [3.05, 3.63) is 0 Å². The van der Waals surface area contributed by atoms with Crippen molar-refractivity contribution in [3.63, 3.8) is 0 Å². The van der Waals surface area contributed by atoms with Crippen molar-refractivity contribution in [2.75, 3.05) is 0 Å². The Morgan fingerprint density at radius 2 is 2.09 bits per heavy atom. The van der Waals surface area contributed by atoms with Gasteiger partial charge in [0.1, 0.15) is 0 Å². The predicted molar refractivity (Wildman–Crippen MR) is 37.7 cm³/mol. The highest BCUT2D eigenvalue weighted by Crippen LogP contribution is 2.36. The maximum atomic E-state index is 10.6. The van der Waals surface area contributed by atoms with Crippen LogP contribution in [0.15, 0.2) is 0 Å². The second kappa shape index (κ2) is 2.90. The van der Waals surface area contributed by atoms with Gasteiger partial charge in [-0.2, -0.15) is 0 Å². The topological polar surface area (TPSA) is 80.4 Å². The Balaban J connectivity index is 2.37. The molecular weight excluding hydrogens is 146 g/mol. The summed E-state index contributed by atoms with van der Waals surface area (Å²) in [5.41, 5.74) is 5.03. The predicted octanol–water partition coefficient (Wildman–Crippen LogP) is -0.0274. The van der Waals surface area contributed by atoms with E-state index in [0.29, 0.717) is 0 Å². The lowest BCUT2D eigenvalue weighted by atomic mass is 9.71. The van der Waals surface area contributed by atoms with E-state index in [1.165, 1.54) is 0 Å². The van der Waals surface area contributed by atoms with E-state index in [1.807, 2.05) is 0 Å². The molecule has 1 rings (SSSR count). The Morgan fingerprint density at radius 3 is 2.36 bits per heavy atom. The summed E-state index contributed by atoms with van der Waals surface area (Å²) in [4.78, 5) is 20.8. The highest BCUT2D eigenvalue weighted by atomic mass is 16.4. The van der Waals surface area contributed by atoms with Gasteiger partial charge in [-0.1, -0.05) is 0 Å². The van der Waals surface area contributed by atoms with Crippen LogP contribution in [0.4, 0.5) is 0 Å². The van der Waals surface area contributed by atoms with Gasteiger partial charge >= 0.3 is 5.97 Å². The molecule has 62 valence electrons. The molecule has 11 heavy (non-hydrogen) atoms. The molecule has 1 amide bonds. The van der Waals surface area contributed by atoms with Crippen molar-refractivity contribution in [2.45, 2.75) is 19.3 Å². The number of hydrogen-bond acceptors (Lipinski definition) is 2. The minimum absolute atomic E-state index is 0.00926. The molecular formula is C7H11NO3.